The fraction of sp³-hybridized carbons (Fsp3) is 0.346. The fourth-order valence-electron chi connectivity index (χ4n) is 4.20. The minimum atomic E-state index is -0.732. The summed E-state index contributed by atoms with van der Waals surface area (Å²) < 4.78 is 44.0. The lowest BCUT2D eigenvalue weighted by atomic mass is 10.1. The first-order valence-corrected chi connectivity index (χ1v) is 12.1. The molecule has 6 nitrogen and oxygen atoms in total. The largest absolute Gasteiger partial charge is 0.351 e. The number of guanidine groups is 1. The first kappa shape index (κ1) is 25.8. The van der Waals surface area contributed by atoms with Gasteiger partial charge in [-0.05, 0) is 37.1 Å². The van der Waals surface area contributed by atoms with E-state index in [4.69, 9.17) is 11.6 Å². The number of hydrogen-bond acceptors (Lipinski definition) is 3. The molecule has 2 aromatic carbocycles. The third-order valence-corrected chi connectivity index (χ3v) is 6.40. The number of aromatic nitrogens is 2. The van der Waals surface area contributed by atoms with E-state index in [1.807, 2.05) is 11.8 Å². The second-order valence-corrected chi connectivity index (χ2v) is 9.43. The summed E-state index contributed by atoms with van der Waals surface area (Å²) in [4.78, 5) is 23.9. The lowest BCUT2D eigenvalue weighted by Crippen LogP contribution is -2.34. The molecule has 1 saturated heterocycles. The maximum Gasteiger partial charge on any atom is 0.200 e. The number of nitrogens with one attached hydrogen (secondary N) is 1. The molecule has 0 spiro atoms. The number of halogens is 4. The van der Waals surface area contributed by atoms with Gasteiger partial charge >= 0.3 is 0 Å². The molecule has 0 bridgehead atoms. The van der Waals surface area contributed by atoms with Gasteiger partial charge in [-0.1, -0.05) is 31.5 Å². The van der Waals surface area contributed by atoms with E-state index < -0.39 is 17.5 Å². The minimum Gasteiger partial charge on any atom is -0.351 e. The van der Waals surface area contributed by atoms with E-state index in [0.29, 0.717) is 36.3 Å². The van der Waals surface area contributed by atoms with Crippen LogP contribution in [0.4, 0.5) is 19.0 Å². The van der Waals surface area contributed by atoms with Crippen LogP contribution in [-0.4, -0.2) is 40.4 Å². The second-order valence-electron chi connectivity index (χ2n) is 9.02. The number of imidazole rings is 1. The van der Waals surface area contributed by atoms with E-state index in [2.05, 4.69) is 29.1 Å². The molecule has 0 saturated carbocycles. The van der Waals surface area contributed by atoms with Gasteiger partial charge in [0.25, 0.3) is 0 Å². The van der Waals surface area contributed by atoms with Crippen LogP contribution in [-0.2, 0) is 6.54 Å². The first-order chi connectivity index (χ1) is 17.1. The zero-order valence-corrected chi connectivity index (χ0v) is 21.2. The number of benzene rings is 2. The molecule has 0 amide bonds. The summed E-state index contributed by atoms with van der Waals surface area (Å²) in [5.41, 5.74) is 0.795. The van der Waals surface area contributed by atoms with Gasteiger partial charge in [0, 0.05) is 43.2 Å². The van der Waals surface area contributed by atoms with Crippen LogP contribution in [0.5, 0.6) is 0 Å². The van der Waals surface area contributed by atoms with Crippen molar-refractivity contribution in [2.45, 2.75) is 40.3 Å². The van der Waals surface area contributed by atoms with Crippen molar-refractivity contribution in [1.82, 2.24) is 14.9 Å². The number of carbonyl (C=O) groups is 1. The number of hydrogen-bond donors (Lipinski definition) is 1. The summed E-state index contributed by atoms with van der Waals surface area (Å²) in [6, 6.07) is 7.49. The molecule has 1 aromatic heterocycles. The smallest absolute Gasteiger partial charge is 0.200 e. The van der Waals surface area contributed by atoms with Crippen molar-refractivity contribution in [3.63, 3.8) is 0 Å². The highest BCUT2D eigenvalue weighted by molar-refractivity contribution is 6.31. The highest BCUT2D eigenvalue weighted by Crippen LogP contribution is 2.34. The van der Waals surface area contributed by atoms with Gasteiger partial charge in [-0.15, -0.1) is 0 Å². The number of aliphatic imine (C=N–C) groups is 1. The SMILES string of the molecule is CCN=C1N[C@H](C(C)C)CN1c1c(C(C)=O)nc(-c2ccc(F)c(Cl)c2)n1Cc1ccc(F)cc1F. The van der Waals surface area contributed by atoms with Gasteiger partial charge < -0.3 is 9.88 Å². The molecule has 190 valence electrons. The zero-order chi connectivity index (χ0) is 26.1. The third-order valence-electron chi connectivity index (χ3n) is 6.11. The van der Waals surface area contributed by atoms with Gasteiger partial charge in [0.05, 0.1) is 11.6 Å². The molecule has 0 radical (unpaired) electrons. The number of anilines is 1. The molecule has 1 fully saturated rings. The van der Waals surface area contributed by atoms with Gasteiger partial charge in [-0.2, -0.15) is 0 Å². The van der Waals surface area contributed by atoms with Crippen molar-refractivity contribution < 1.29 is 18.0 Å². The van der Waals surface area contributed by atoms with Crippen molar-refractivity contribution in [3.8, 4) is 11.4 Å². The van der Waals surface area contributed by atoms with Crippen molar-refractivity contribution in [1.29, 1.82) is 0 Å². The van der Waals surface area contributed by atoms with Crippen LogP contribution in [0.1, 0.15) is 43.7 Å². The Labute approximate surface area is 212 Å². The Hall–Kier alpha value is -3.33. The van der Waals surface area contributed by atoms with E-state index >= 15 is 0 Å². The van der Waals surface area contributed by atoms with Crippen LogP contribution < -0.4 is 10.2 Å². The average Bonchev–Trinajstić information content (AvgIpc) is 3.39. The lowest BCUT2D eigenvalue weighted by Gasteiger charge is -2.22. The lowest BCUT2D eigenvalue weighted by molar-refractivity contribution is 0.101. The van der Waals surface area contributed by atoms with Gasteiger partial charge in [-0.3, -0.25) is 14.7 Å². The maximum atomic E-state index is 14.8. The van der Waals surface area contributed by atoms with Crippen molar-refractivity contribution in [3.05, 3.63) is 70.1 Å². The molecule has 1 atom stereocenters. The Bertz CT molecular complexity index is 1340. The fourth-order valence-corrected chi connectivity index (χ4v) is 4.38. The van der Waals surface area contributed by atoms with Gasteiger partial charge in [-0.25, -0.2) is 18.2 Å². The molecular weight excluding hydrogens is 491 g/mol. The summed E-state index contributed by atoms with van der Waals surface area (Å²) >= 11 is 6.05. The van der Waals surface area contributed by atoms with Crippen molar-refractivity contribution in [2.24, 2.45) is 10.9 Å². The third kappa shape index (κ3) is 4.97. The van der Waals surface area contributed by atoms with E-state index in [1.165, 1.54) is 37.3 Å². The number of ketones is 1. The molecule has 0 unspecified atom stereocenters. The van der Waals surface area contributed by atoms with Crippen LogP contribution in [0.2, 0.25) is 5.02 Å². The van der Waals surface area contributed by atoms with E-state index in [1.54, 1.807) is 4.57 Å². The molecule has 0 aliphatic carbocycles. The monoisotopic (exact) mass is 517 g/mol. The Morgan fingerprint density at radius 1 is 1.19 bits per heavy atom. The predicted molar refractivity (Wildman–Crippen MR) is 135 cm³/mol. The molecular formula is C26H27ClF3N5O. The van der Waals surface area contributed by atoms with E-state index in [9.17, 15) is 18.0 Å². The average molecular weight is 518 g/mol. The zero-order valence-electron chi connectivity index (χ0n) is 20.4. The molecule has 10 heteroatoms. The summed E-state index contributed by atoms with van der Waals surface area (Å²) in [7, 11) is 0. The van der Waals surface area contributed by atoms with Crippen LogP contribution in [0.15, 0.2) is 41.4 Å². The summed E-state index contributed by atoms with van der Waals surface area (Å²) in [6.07, 6.45) is 0. The maximum absolute atomic E-state index is 14.8. The van der Waals surface area contributed by atoms with Crippen LogP contribution in [0, 0.1) is 23.4 Å². The first-order valence-electron chi connectivity index (χ1n) is 11.7. The Kier molecular flexibility index (Phi) is 7.40. The van der Waals surface area contributed by atoms with Gasteiger partial charge in [0.1, 0.15) is 34.8 Å². The molecule has 2 heterocycles. The van der Waals surface area contributed by atoms with Crippen LogP contribution in [0.3, 0.4) is 0 Å². The van der Waals surface area contributed by atoms with E-state index in [0.717, 1.165) is 6.07 Å². The standard InChI is InChI=1S/C26H27ClF3N5O/c1-5-31-26-32-22(14(2)3)13-35(26)25-23(15(4)36)33-24(16-7-9-20(29)19(27)10-16)34(25)12-17-6-8-18(28)11-21(17)30/h6-11,14,22H,5,12-13H2,1-4H3,(H,31,32)/t22-/m0/s1. The Balaban J connectivity index is 1.97. The number of carbonyl (C=O) groups excluding carboxylic acids is 1. The quantitative estimate of drug-likeness (QED) is 0.409. The van der Waals surface area contributed by atoms with Crippen LogP contribution in [0.25, 0.3) is 11.4 Å². The summed E-state index contributed by atoms with van der Waals surface area (Å²) in [5, 5.41) is 3.30. The summed E-state index contributed by atoms with van der Waals surface area (Å²) in [6.45, 7) is 8.39. The minimum absolute atomic E-state index is 0.0460. The number of nitrogens with zero attached hydrogens (tertiary/aromatic N) is 4. The van der Waals surface area contributed by atoms with Crippen LogP contribution >= 0.6 is 11.6 Å². The Morgan fingerprint density at radius 2 is 1.94 bits per heavy atom. The van der Waals surface area contributed by atoms with Gasteiger partial charge in [0.2, 0.25) is 0 Å². The number of rotatable bonds is 7. The molecule has 1 N–H and O–H groups in total. The van der Waals surface area contributed by atoms with Crippen molar-refractivity contribution >= 4 is 29.2 Å². The summed E-state index contributed by atoms with van der Waals surface area (Å²) in [5.74, 6) is -0.781. The molecule has 36 heavy (non-hydrogen) atoms. The number of Topliss-reactive ketones (excluding diaryl/α,β-unsaturated/α-hetero) is 1. The predicted octanol–water partition coefficient (Wildman–Crippen LogP) is 5.68. The topological polar surface area (TPSA) is 62.5 Å². The molecule has 1 aliphatic heterocycles. The second kappa shape index (κ2) is 10.3. The van der Waals surface area contributed by atoms with Crippen molar-refractivity contribution in [2.75, 3.05) is 18.0 Å². The molecule has 4 rings (SSSR count). The Morgan fingerprint density at radius 3 is 2.56 bits per heavy atom. The highest BCUT2D eigenvalue weighted by Gasteiger charge is 2.36. The van der Waals surface area contributed by atoms with Gasteiger partial charge in [0.15, 0.2) is 11.7 Å². The normalized spacial score (nSPS) is 16.8. The van der Waals surface area contributed by atoms with E-state index in [-0.39, 0.29) is 40.6 Å². The molecule has 3 aromatic rings. The highest BCUT2D eigenvalue weighted by atomic mass is 35.5. The molecule has 1 aliphatic rings.